The van der Waals surface area contributed by atoms with Gasteiger partial charge < -0.3 is 10.7 Å². The van der Waals surface area contributed by atoms with Crippen molar-refractivity contribution >= 4 is 27.4 Å². The number of nitrogen functional groups attached to an aromatic ring is 1. The molecule has 2 rings (SSSR count). The Morgan fingerprint density at radius 1 is 1.44 bits per heavy atom. The summed E-state index contributed by atoms with van der Waals surface area (Å²) in [6.07, 6.45) is 0.846. The zero-order chi connectivity index (χ0) is 13.5. The first-order chi connectivity index (χ1) is 8.30. The summed E-state index contributed by atoms with van der Waals surface area (Å²) < 4.78 is 22.4. The third kappa shape index (κ3) is 2.07. The molecular weight excluding hydrogens is 262 g/mol. The van der Waals surface area contributed by atoms with E-state index in [9.17, 15) is 18.0 Å². The highest BCUT2D eigenvalue weighted by Gasteiger charge is 2.38. The van der Waals surface area contributed by atoms with Gasteiger partial charge in [-0.15, -0.1) is 0 Å². The van der Waals surface area contributed by atoms with Crippen molar-refractivity contribution in [3.63, 3.8) is 0 Å². The van der Waals surface area contributed by atoms with Crippen LogP contribution in [0.1, 0.15) is 6.42 Å². The van der Waals surface area contributed by atoms with Crippen molar-refractivity contribution in [2.24, 2.45) is 5.14 Å². The van der Waals surface area contributed by atoms with Gasteiger partial charge in [0.25, 0.3) is 5.56 Å². The van der Waals surface area contributed by atoms with Crippen LogP contribution in [0.4, 0.5) is 11.5 Å². The molecule has 1 aromatic heterocycles. The van der Waals surface area contributed by atoms with E-state index >= 15 is 0 Å². The number of amides is 1. The molecule has 0 aliphatic carbocycles. The maximum absolute atomic E-state index is 11.7. The van der Waals surface area contributed by atoms with E-state index < -0.39 is 26.7 Å². The molecule has 9 nitrogen and oxygen atoms in total. The van der Waals surface area contributed by atoms with E-state index in [-0.39, 0.29) is 24.5 Å². The zero-order valence-electron chi connectivity index (χ0n) is 9.16. The van der Waals surface area contributed by atoms with E-state index in [4.69, 9.17) is 10.9 Å². The zero-order valence-corrected chi connectivity index (χ0v) is 9.98. The van der Waals surface area contributed by atoms with E-state index in [0.717, 1.165) is 11.2 Å². The first-order valence-corrected chi connectivity index (χ1v) is 6.57. The molecule has 1 aliphatic heterocycles. The second-order valence-electron chi connectivity index (χ2n) is 3.89. The summed E-state index contributed by atoms with van der Waals surface area (Å²) in [5.74, 6) is -0.534. The summed E-state index contributed by atoms with van der Waals surface area (Å²) in [5, 5.41) is 3.98. The van der Waals surface area contributed by atoms with Gasteiger partial charge >= 0.3 is 0 Å². The number of carbonyl (C=O) groups excluding carboxylic acids is 1. The topological polar surface area (TPSA) is 152 Å². The molecule has 0 spiro atoms. The molecule has 98 valence electrons. The highest BCUT2D eigenvalue weighted by molar-refractivity contribution is 7.89. The molecule has 1 atom stereocenters. The van der Waals surface area contributed by atoms with Crippen molar-refractivity contribution in [3.05, 3.63) is 16.7 Å². The molecule has 0 saturated carbocycles. The van der Waals surface area contributed by atoms with Crippen LogP contribution < -0.4 is 21.3 Å². The van der Waals surface area contributed by atoms with Crippen LogP contribution >= 0.6 is 0 Å². The number of hydrogen-bond acceptors (Lipinski definition) is 6. The number of aromatic nitrogens is 2. The lowest BCUT2D eigenvalue weighted by Gasteiger charge is -2.15. The van der Waals surface area contributed by atoms with E-state index in [1.165, 1.54) is 0 Å². The number of nitrogens with one attached hydrogen (secondary N) is 1. The smallest absolute Gasteiger partial charge is 0.276 e. The molecule has 18 heavy (non-hydrogen) atoms. The number of sulfonamides is 1. The Hall–Kier alpha value is -1.94. The van der Waals surface area contributed by atoms with Gasteiger partial charge in [-0.2, -0.15) is 0 Å². The molecule has 0 aromatic carbocycles. The number of nitrogens with two attached hydrogens (primary N) is 2. The van der Waals surface area contributed by atoms with Gasteiger partial charge in [-0.05, 0) is 0 Å². The Labute approximate surface area is 102 Å². The lowest BCUT2D eigenvalue weighted by atomic mass is 10.4. The van der Waals surface area contributed by atoms with Crippen LogP contribution in [-0.2, 0) is 14.8 Å². The first-order valence-electron chi connectivity index (χ1n) is 4.96. The van der Waals surface area contributed by atoms with Crippen molar-refractivity contribution in [2.45, 2.75) is 11.7 Å². The molecule has 1 aromatic rings. The standard InChI is InChI=1S/C8H11N5O4S/c9-6-7(11-3-12-8(6)15)13-2-4(1-5(13)14)18(10,16)17/h3-4H,1-2,9H2,(H2,10,16,17)(H,11,12,15). The summed E-state index contributed by atoms with van der Waals surface area (Å²) >= 11 is 0. The summed E-state index contributed by atoms with van der Waals surface area (Å²) in [5.41, 5.74) is 4.67. The van der Waals surface area contributed by atoms with Crippen LogP contribution in [0, 0.1) is 0 Å². The molecular formula is C8H11N5O4S. The highest BCUT2D eigenvalue weighted by atomic mass is 32.2. The van der Waals surface area contributed by atoms with Crippen molar-refractivity contribution in [1.82, 2.24) is 9.97 Å². The lowest BCUT2D eigenvalue weighted by molar-refractivity contribution is -0.117. The van der Waals surface area contributed by atoms with E-state index in [1.807, 2.05) is 0 Å². The molecule has 0 bridgehead atoms. The number of carbonyl (C=O) groups is 1. The predicted molar refractivity (Wildman–Crippen MR) is 63.1 cm³/mol. The van der Waals surface area contributed by atoms with E-state index in [1.54, 1.807) is 0 Å². The Bertz CT molecular complexity index is 652. The Balaban J connectivity index is 2.39. The van der Waals surface area contributed by atoms with Crippen LogP contribution in [0.15, 0.2) is 11.1 Å². The number of hydrogen-bond donors (Lipinski definition) is 3. The number of primary sulfonamides is 1. The molecule has 1 fully saturated rings. The highest BCUT2D eigenvalue weighted by Crippen LogP contribution is 2.24. The predicted octanol–water partition coefficient (Wildman–Crippen LogP) is -2.25. The SMILES string of the molecule is Nc1c(N2CC(S(N)(=O)=O)CC2=O)nc[nH]c1=O. The summed E-state index contributed by atoms with van der Waals surface area (Å²) in [4.78, 5) is 30.1. The summed E-state index contributed by atoms with van der Waals surface area (Å²) in [6.45, 7) is -0.154. The molecule has 10 heteroatoms. The Kier molecular flexibility index (Phi) is 2.83. The van der Waals surface area contributed by atoms with Gasteiger partial charge in [-0.1, -0.05) is 0 Å². The maximum atomic E-state index is 11.7. The first kappa shape index (κ1) is 12.5. The normalized spacial score (nSPS) is 20.4. The van der Waals surface area contributed by atoms with Crippen LogP contribution in [0.3, 0.4) is 0 Å². The Morgan fingerprint density at radius 2 is 2.11 bits per heavy atom. The number of anilines is 2. The van der Waals surface area contributed by atoms with Gasteiger partial charge in [0.05, 0.1) is 6.33 Å². The number of rotatable bonds is 2. The molecule has 1 amide bonds. The van der Waals surface area contributed by atoms with Gasteiger partial charge in [0.1, 0.15) is 10.9 Å². The molecule has 5 N–H and O–H groups in total. The largest absolute Gasteiger partial charge is 0.391 e. The van der Waals surface area contributed by atoms with Crippen molar-refractivity contribution < 1.29 is 13.2 Å². The van der Waals surface area contributed by atoms with Crippen molar-refractivity contribution in [2.75, 3.05) is 17.2 Å². The van der Waals surface area contributed by atoms with Crippen LogP contribution in [0.25, 0.3) is 0 Å². The molecule has 2 heterocycles. The monoisotopic (exact) mass is 273 g/mol. The quantitative estimate of drug-likeness (QED) is 0.553. The van der Waals surface area contributed by atoms with Gasteiger partial charge in [-0.25, -0.2) is 18.5 Å². The molecule has 0 radical (unpaired) electrons. The Morgan fingerprint density at radius 3 is 2.67 bits per heavy atom. The van der Waals surface area contributed by atoms with Gasteiger partial charge in [0.2, 0.25) is 15.9 Å². The fraction of sp³-hybridized carbons (Fsp3) is 0.375. The van der Waals surface area contributed by atoms with Gasteiger partial charge in [0, 0.05) is 13.0 Å². The second-order valence-corrected chi connectivity index (χ2v) is 5.73. The minimum absolute atomic E-state index is 0.0464. The fourth-order valence-electron chi connectivity index (χ4n) is 1.72. The maximum Gasteiger partial charge on any atom is 0.276 e. The van der Waals surface area contributed by atoms with Crippen molar-refractivity contribution in [3.8, 4) is 0 Å². The summed E-state index contributed by atoms with van der Waals surface area (Å²) in [6, 6.07) is 0. The molecule has 1 aliphatic rings. The third-order valence-corrected chi connectivity index (χ3v) is 3.92. The third-order valence-electron chi connectivity index (χ3n) is 2.68. The van der Waals surface area contributed by atoms with Crippen LogP contribution in [0.5, 0.6) is 0 Å². The minimum atomic E-state index is -3.82. The van der Waals surface area contributed by atoms with Gasteiger partial charge in [0.15, 0.2) is 5.82 Å². The van der Waals surface area contributed by atoms with Crippen LogP contribution in [0.2, 0.25) is 0 Å². The van der Waals surface area contributed by atoms with E-state index in [0.29, 0.717) is 0 Å². The number of H-pyrrole nitrogens is 1. The lowest BCUT2D eigenvalue weighted by Crippen LogP contribution is -2.33. The van der Waals surface area contributed by atoms with Crippen LogP contribution in [-0.4, -0.2) is 36.1 Å². The average molecular weight is 273 g/mol. The van der Waals surface area contributed by atoms with Crippen molar-refractivity contribution in [1.29, 1.82) is 0 Å². The van der Waals surface area contributed by atoms with Gasteiger partial charge in [-0.3, -0.25) is 14.5 Å². The minimum Gasteiger partial charge on any atom is -0.391 e. The fourth-order valence-corrected chi connectivity index (χ4v) is 2.45. The van der Waals surface area contributed by atoms with E-state index in [2.05, 4.69) is 9.97 Å². The second kappa shape index (κ2) is 4.07. The average Bonchev–Trinajstić information content (AvgIpc) is 2.64. The number of nitrogens with zero attached hydrogens (tertiary/aromatic N) is 2. The number of aromatic amines is 1. The summed E-state index contributed by atoms with van der Waals surface area (Å²) in [7, 11) is -3.82. The molecule has 1 saturated heterocycles. The molecule has 1 unspecified atom stereocenters.